The van der Waals surface area contributed by atoms with E-state index in [-0.39, 0.29) is 30.7 Å². The molecule has 0 bridgehead atoms. The summed E-state index contributed by atoms with van der Waals surface area (Å²) in [4.78, 5) is 17.9. The Bertz CT molecular complexity index is 329. The van der Waals surface area contributed by atoms with E-state index in [1.807, 2.05) is 23.1 Å². The van der Waals surface area contributed by atoms with Gasteiger partial charge in [-0.1, -0.05) is 6.07 Å². The molecule has 6 heteroatoms. The van der Waals surface area contributed by atoms with Crippen molar-refractivity contribution in [3.8, 4) is 0 Å². The molecule has 0 saturated carbocycles. The van der Waals surface area contributed by atoms with Crippen LogP contribution in [-0.4, -0.2) is 42.0 Å². The molecule has 1 aliphatic rings. The number of carbonyl (C=O) groups is 1. The number of hydrogen-bond donors (Lipinski definition) is 1. The van der Waals surface area contributed by atoms with Crippen molar-refractivity contribution < 1.29 is 4.79 Å². The number of carbonyl (C=O) groups excluding carboxylic acids is 1. The first-order chi connectivity index (χ1) is 7.36. The molecule has 2 heterocycles. The van der Waals surface area contributed by atoms with Crippen LogP contribution < -0.4 is 5.32 Å². The van der Waals surface area contributed by atoms with Crippen LogP contribution in [0.2, 0.25) is 0 Å². The fraction of sp³-hybridized carbons (Fsp3) is 0.455. The summed E-state index contributed by atoms with van der Waals surface area (Å²) in [6, 6.07) is 5.66. The first-order valence-electron chi connectivity index (χ1n) is 5.24. The molecule has 1 aliphatic heterocycles. The zero-order valence-electron chi connectivity index (χ0n) is 9.46. The van der Waals surface area contributed by atoms with Gasteiger partial charge in [0, 0.05) is 38.1 Å². The predicted molar refractivity (Wildman–Crippen MR) is 71.9 cm³/mol. The molecule has 0 unspecified atom stereocenters. The van der Waals surface area contributed by atoms with E-state index in [0.717, 1.165) is 31.9 Å². The molecule has 1 amide bonds. The number of aromatic nitrogens is 1. The average Bonchev–Trinajstić information content (AvgIpc) is 2.31. The number of pyridine rings is 1. The molecule has 1 fully saturated rings. The molecule has 0 spiro atoms. The molecule has 0 radical (unpaired) electrons. The SMILES string of the molecule is Cl.Cl.O=C(Cc1ccccn1)N1CCNCC1. The van der Waals surface area contributed by atoms with Crippen LogP contribution in [0, 0.1) is 0 Å². The average molecular weight is 278 g/mol. The fourth-order valence-electron chi connectivity index (χ4n) is 1.68. The van der Waals surface area contributed by atoms with Gasteiger partial charge in [0.15, 0.2) is 0 Å². The largest absolute Gasteiger partial charge is 0.340 e. The lowest BCUT2D eigenvalue weighted by Gasteiger charge is -2.27. The molecular weight excluding hydrogens is 261 g/mol. The van der Waals surface area contributed by atoms with Crippen LogP contribution in [0.15, 0.2) is 24.4 Å². The van der Waals surface area contributed by atoms with Gasteiger partial charge in [-0.3, -0.25) is 9.78 Å². The molecule has 1 saturated heterocycles. The van der Waals surface area contributed by atoms with Gasteiger partial charge in [0.2, 0.25) is 5.91 Å². The van der Waals surface area contributed by atoms with E-state index < -0.39 is 0 Å². The minimum absolute atomic E-state index is 0. The van der Waals surface area contributed by atoms with Gasteiger partial charge < -0.3 is 10.2 Å². The second-order valence-corrected chi connectivity index (χ2v) is 3.63. The van der Waals surface area contributed by atoms with E-state index in [4.69, 9.17) is 0 Å². The Balaban J connectivity index is 0.00000128. The second kappa shape index (κ2) is 8.28. The highest BCUT2D eigenvalue weighted by molar-refractivity contribution is 5.85. The van der Waals surface area contributed by atoms with Crippen molar-refractivity contribution in [2.24, 2.45) is 0 Å². The molecule has 0 atom stereocenters. The van der Waals surface area contributed by atoms with Crippen molar-refractivity contribution in [2.75, 3.05) is 26.2 Å². The minimum atomic E-state index is 0. The highest BCUT2D eigenvalue weighted by Gasteiger charge is 2.16. The monoisotopic (exact) mass is 277 g/mol. The first kappa shape index (κ1) is 16.2. The van der Waals surface area contributed by atoms with Crippen LogP contribution in [0.1, 0.15) is 5.69 Å². The Hall–Kier alpha value is -0.840. The van der Waals surface area contributed by atoms with Crippen molar-refractivity contribution >= 4 is 30.7 Å². The van der Waals surface area contributed by atoms with E-state index in [1.54, 1.807) is 6.20 Å². The zero-order valence-corrected chi connectivity index (χ0v) is 11.1. The van der Waals surface area contributed by atoms with E-state index in [2.05, 4.69) is 10.3 Å². The highest BCUT2D eigenvalue weighted by Crippen LogP contribution is 2.00. The van der Waals surface area contributed by atoms with E-state index >= 15 is 0 Å². The lowest BCUT2D eigenvalue weighted by molar-refractivity contribution is -0.131. The topological polar surface area (TPSA) is 45.2 Å². The number of rotatable bonds is 2. The van der Waals surface area contributed by atoms with Crippen LogP contribution in [0.5, 0.6) is 0 Å². The highest BCUT2D eigenvalue weighted by atomic mass is 35.5. The van der Waals surface area contributed by atoms with Crippen LogP contribution in [0.4, 0.5) is 0 Å². The third-order valence-electron chi connectivity index (χ3n) is 2.53. The van der Waals surface area contributed by atoms with Gasteiger partial charge in [-0.15, -0.1) is 24.8 Å². The maximum atomic E-state index is 11.8. The summed E-state index contributed by atoms with van der Waals surface area (Å²) in [7, 11) is 0. The van der Waals surface area contributed by atoms with Crippen molar-refractivity contribution in [1.82, 2.24) is 15.2 Å². The van der Waals surface area contributed by atoms with Gasteiger partial charge >= 0.3 is 0 Å². The lowest BCUT2D eigenvalue weighted by Crippen LogP contribution is -2.47. The van der Waals surface area contributed by atoms with Gasteiger partial charge in [0.1, 0.15) is 0 Å². The summed E-state index contributed by atoms with van der Waals surface area (Å²) < 4.78 is 0. The normalized spacial score (nSPS) is 14.5. The van der Waals surface area contributed by atoms with Gasteiger partial charge in [-0.25, -0.2) is 0 Å². The van der Waals surface area contributed by atoms with Crippen LogP contribution in [0.3, 0.4) is 0 Å². The summed E-state index contributed by atoms with van der Waals surface area (Å²) in [5, 5.41) is 3.22. The van der Waals surface area contributed by atoms with Crippen molar-refractivity contribution in [3.63, 3.8) is 0 Å². The molecule has 96 valence electrons. The number of nitrogens with one attached hydrogen (secondary N) is 1. The van der Waals surface area contributed by atoms with Gasteiger partial charge in [0.25, 0.3) is 0 Å². The van der Waals surface area contributed by atoms with Crippen molar-refractivity contribution in [3.05, 3.63) is 30.1 Å². The van der Waals surface area contributed by atoms with E-state index in [0.29, 0.717) is 6.42 Å². The molecule has 1 aromatic heterocycles. The van der Waals surface area contributed by atoms with Crippen LogP contribution in [0.25, 0.3) is 0 Å². The second-order valence-electron chi connectivity index (χ2n) is 3.63. The summed E-state index contributed by atoms with van der Waals surface area (Å²) in [6.45, 7) is 3.42. The standard InChI is InChI=1S/C11H15N3O.2ClH/c15-11(14-7-5-12-6-8-14)9-10-3-1-2-4-13-10;;/h1-4,12H,5-9H2;2*1H. The molecular formula is C11H17Cl2N3O. The molecule has 2 rings (SSSR count). The Kier molecular flexibility index (Phi) is 7.87. The summed E-state index contributed by atoms with van der Waals surface area (Å²) >= 11 is 0. The van der Waals surface area contributed by atoms with E-state index in [1.165, 1.54) is 0 Å². The first-order valence-corrected chi connectivity index (χ1v) is 5.24. The third kappa shape index (κ3) is 4.89. The molecule has 4 nitrogen and oxygen atoms in total. The molecule has 1 N–H and O–H groups in total. The molecule has 17 heavy (non-hydrogen) atoms. The van der Waals surface area contributed by atoms with Gasteiger partial charge in [0.05, 0.1) is 6.42 Å². The van der Waals surface area contributed by atoms with Crippen LogP contribution in [-0.2, 0) is 11.2 Å². The maximum absolute atomic E-state index is 11.8. The minimum Gasteiger partial charge on any atom is -0.340 e. The molecule has 1 aromatic rings. The molecule has 0 aliphatic carbocycles. The maximum Gasteiger partial charge on any atom is 0.228 e. The number of nitrogens with zero attached hydrogens (tertiary/aromatic N) is 2. The Morgan fingerprint density at radius 2 is 2.00 bits per heavy atom. The summed E-state index contributed by atoms with van der Waals surface area (Å²) in [5.74, 6) is 0.176. The number of amides is 1. The summed E-state index contributed by atoms with van der Waals surface area (Å²) in [6.07, 6.45) is 2.14. The summed E-state index contributed by atoms with van der Waals surface area (Å²) in [5.41, 5.74) is 0.848. The molecule has 0 aromatic carbocycles. The Labute approximate surface area is 114 Å². The number of piperazine rings is 1. The lowest BCUT2D eigenvalue weighted by atomic mass is 10.2. The van der Waals surface area contributed by atoms with Gasteiger partial charge in [-0.2, -0.15) is 0 Å². The van der Waals surface area contributed by atoms with Crippen molar-refractivity contribution in [1.29, 1.82) is 0 Å². The number of halogens is 2. The fourth-order valence-corrected chi connectivity index (χ4v) is 1.68. The van der Waals surface area contributed by atoms with E-state index in [9.17, 15) is 4.79 Å². The van der Waals surface area contributed by atoms with Crippen molar-refractivity contribution in [2.45, 2.75) is 6.42 Å². The Morgan fingerprint density at radius 3 is 2.59 bits per heavy atom. The third-order valence-corrected chi connectivity index (χ3v) is 2.53. The van der Waals surface area contributed by atoms with Crippen LogP contribution >= 0.6 is 24.8 Å². The predicted octanol–water partition coefficient (Wildman–Crippen LogP) is 0.899. The zero-order chi connectivity index (χ0) is 10.5. The smallest absolute Gasteiger partial charge is 0.228 e. The van der Waals surface area contributed by atoms with Gasteiger partial charge in [-0.05, 0) is 12.1 Å². The Morgan fingerprint density at radius 1 is 1.29 bits per heavy atom. The quantitative estimate of drug-likeness (QED) is 0.874. The number of hydrogen-bond acceptors (Lipinski definition) is 3.